The third kappa shape index (κ3) is 5.49. The molecule has 1 aliphatic rings. The van der Waals surface area contributed by atoms with E-state index in [1.165, 1.54) is 0 Å². The maximum Gasteiger partial charge on any atom is 0.237 e. The van der Waals surface area contributed by atoms with Gasteiger partial charge in [-0.3, -0.25) is 9.69 Å². The van der Waals surface area contributed by atoms with E-state index in [1.54, 1.807) is 0 Å². The lowest BCUT2D eigenvalue weighted by Gasteiger charge is -2.41. The molecule has 3 N–H and O–H groups in total. The fraction of sp³-hybridized carbons (Fsp3) is 0.933. The normalized spacial score (nSPS) is 20.3. The van der Waals surface area contributed by atoms with Crippen LogP contribution in [0.1, 0.15) is 59.8 Å². The molecule has 19 heavy (non-hydrogen) atoms. The molecular formula is C15H31N3O. The van der Waals surface area contributed by atoms with Crippen LogP contribution in [0.25, 0.3) is 0 Å². The minimum absolute atomic E-state index is 0.0302. The van der Waals surface area contributed by atoms with Gasteiger partial charge in [-0.1, -0.05) is 19.8 Å². The Kier molecular flexibility index (Phi) is 6.27. The molecule has 0 radical (unpaired) electrons. The minimum atomic E-state index is -0.333. The van der Waals surface area contributed by atoms with E-state index in [4.69, 9.17) is 5.73 Å². The van der Waals surface area contributed by atoms with Crippen LogP contribution >= 0.6 is 0 Å². The van der Waals surface area contributed by atoms with E-state index in [1.807, 2.05) is 0 Å². The molecule has 0 aromatic rings. The van der Waals surface area contributed by atoms with Gasteiger partial charge in [-0.2, -0.15) is 0 Å². The largest absolute Gasteiger partial charge is 0.352 e. The van der Waals surface area contributed by atoms with Crippen molar-refractivity contribution in [3.8, 4) is 0 Å². The van der Waals surface area contributed by atoms with Gasteiger partial charge in [0.2, 0.25) is 5.91 Å². The first-order valence-electron chi connectivity index (χ1n) is 7.65. The average molecular weight is 269 g/mol. The fourth-order valence-corrected chi connectivity index (χ4v) is 2.56. The maximum atomic E-state index is 11.9. The lowest BCUT2D eigenvalue weighted by atomic mass is 9.97. The van der Waals surface area contributed by atoms with Gasteiger partial charge in [-0.25, -0.2) is 0 Å². The first kappa shape index (κ1) is 16.4. The number of rotatable bonds is 5. The Morgan fingerprint density at radius 1 is 1.37 bits per heavy atom. The summed E-state index contributed by atoms with van der Waals surface area (Å²) < 4.78 is 0. The smallest absolute Gasteiger partial charge is 0.237 e. The van der Waals surface area contributed by atoms with Gasteiger partial charge >= 0.3 is 0 Å². The Bertz CT molecular complexity index is 278. The Hall–Kier alpha value is -0.610. The van der Waals surface area contributed by atoms with E-state index in [9.17, 15) is 4.79 Å². The highest BCUT2D eigenvalue weighted by atomic mass is 16.2. The van der Waals surface area contributed by atoms with Crippen molar-refractivity contribution in [1.29, 1.82) is 0 Å². The number of nitrogens with two attached hydrogens (primary N) is 1. The molecular weight excluding hydrogens is 238 g/mol. The van der Waals surface area contributed by atoms with E-state index in [0.717, 1.165) is 45.2 Å². The van der Waals surface area contributed by atoms with Gasteiger partial charge in [-0.15, -0.1) is 0 Å². The van der Waals surface area contributed by atoms with E-state index in [-0.39, 0.29) is 17.5 Å². The number of nitrogens with one attached hydrogen (secondary N) is 1. The fourth-order valence-electron chi connectivity index (χ4n) is 2.56. The van der Waals surface area contributed by atoms with Gasteiger partial charge in [0.15, 0.2) is 0 Å². The van der Waals surface area contributed by atoms with Crippen LogP contribution in [0.4, 0.5) is 0 Å². The van der Waals surface area contributed by atoms with Crippen molar-refractivity contribution in [3.05, 3.63) is 0 Å². The number of amides is 1. The number of piperidine rings is 1. The van der Waals surface area contributed by atoms with Crippen LogP contribution in [0.3, 0.4) is 0 Å². The standard InChI is InChI=1S/C15H31N3O/c1-5-6-7-13(16)14(19)17-12-8-10-18(11-9-12)15(2,3)4/h12-13H,5-11,16H2,1-4H3,(H,17,19). The first-order chi connectivity index (χ1) is 8.84. The predicted molar refractivity (Wildman–Crippen MR) is 80.0 cm³/mol. The second kappa shape index (κ2) is 7.25. The molecule has 1 rings (SSSR count). The van der Waals surface area contributed by atoms with Gasteiger partial charge in [0.25, 0.3) is 0 Å². The molecule has 0 bridgehead atoms. The van der Waals surface area contributed by atoms with Crippen molar-refractivity contribution in [2.75, 3.05) is 13.1 Å². The summed E-state index contributed by atoms with van der Waals surface area (Å²) in [6.07, 6.45) is 4.97. The number of nitrogens with zero attached hydrogens (tertiary/aromatic N) is 1. The second-order valence-corrected chi connectivity index (χ2v) is 6.69. The van der Waals surface area contributed by atoms with E-state index >= 15 is 0 Å². The van der Waals surface area contributed by atoms with Gasteiger partial charge in [0.1, 0.15) is 0 Å². The van der Waals surface area contributed by atoms with Crippen LogP contribution in [0, 0.1) is 0 Å². The topological polar surface area (TPSA) is 58.4 Å². The number of carbonyl (C=O) groups excluding carboxylic acids is 1. The molecule has 0 aromatic carbocycles. The minimum Gasteiger partial charge on any atom is -0.352 e. The monoisotopic (exact) mass is 269 g/mol. The summed E-state index contributed by atoms with van der Waals surface area (Å²) in [5.74, 6) is 0.0302. The summed E-state index contributed by atoms with van der Waals surface area (Å²) in [6.45, 7) is 11.0. The Morgan fingerprint density at radius 2 is 1.95 bits per heavy atom. The molecule has 0 aromatic heterocycles. The zero-order valence-corrected chi connectivity index (χ0v) is 13.0. The van der Waals surface area contributed by atoms with Crippen molar-refractivity contribution < 1.29 is 4.79 Å². The highest BCUT2D eigenvalue weighted by Crippen LogP contribution is 2.20. The van der Waals surface area contributed by atoms with Gasteiger partial charge in [-0.05, 0) is 40.0 Å². The second-order valence-electron chi connectivity index (χ2n) is 6.69. The molecule has 112 valence electrons. The third-order valence-electron chi connectivity index (χ3n) is 4.00. The van der Waals surface area contributed by atoms with Gasteiger partial charge in [0.05, 0.1) is 6.04 Å². The molecule has 1 amide bonds. The summed E-state index contributed by atoms with van der Waals surface area (Å²) >= 11 is 0. The summed E-state index contributed by atoms with van der Waals surface area (Å²) in [6, 6.07) is -0.0284. The van der Waals surface area contributed by atoms with E-state index in [2.05, 4.69) is 37.9 Å². The summed E-state index contributed by atoms with van der Waals surface area (Å²) in [4.78, 5) is 14.4. The number of likely N-dealkylation sites (tertiary alicyclic amines) is 1. The average Bonchev–Trinajstić information content (AvgIpc) is 2.35. The predicted octanol–water partition coefficient (Wildman–Crippen LogP) is 1.88. The number of hydrogen-bond acceptors (Lipinski definition) is 3. The van der Waals surface area contributed by atoms with Crippen LogP contribution in [-0.2, 0) is 4.79 Å². The lowest BCUT2D eigenvalue weighted by Crippen LogP contribution is -2.53. The molecule has 4 heteroatoms. The molecule has 0 aliphatic carbocycles. The summed E-state index contributed by atoms with van der Waals surface area (Å²) in [5.41, 5.74) is 6.12. The molecule has 1 saturated heterocycles. The third-order valence-corrected chi connectivity index (χ3v) is 4.00. The Labute approximate surface area is 118 Å². The number of carbonyl (C=O) groups is 1. The van der Waals surface area contributed by atoms with Crippen LogP contribution in [0.2, 0.25) is 0 Å². The van der Waals surface area contributed by atoms with Crippen LogP contribution < -0.4 is 11.1 Å². The van der Waals surface area contributed by atoms with Gasteiger partial charge < -0.3 is 11.1 Å². The Balaban J connectivity index is 2.31. The van der Waals surface area contributed by atoms with Crippen LogP contribution in [0.15, 0.2) is 0 Å². The maximum absolute atomic E-state index is 11.9. The van der Waals surface area contributed by atoms with Crippen molar-refractivity contribution in [2.45, 2.75) is 77.4 Å². The molecule has 1 unspecified atom stereocenters. The van der Waals surface area contributed by atoms with Gasteiger partial charge in [0, 0.05) is 24.7 Å². The quantitative estimate of drug-likeness (QED) is 0.801. The first-order valence-corrected chi connectivity index (χ1v) is 7.65. The van der Waals surface area contributed by atoms with Crippen molar-refractivity contribution >= 4 is 5.91 Å². The zero-order valence-electron chi connectivity index (χ0n) is 13.0. The highest BCUT2D eigenvalue weighted by molar-refractivity contribution is 5.81. The molecule has 1 aliphatic heterocycles. The van der Waals surface area contributed by atoms with Crippen LogP contribution in [0.5, 0.6) is 0 Å². The van der Waals surface area contributed by atoms with E-state index < -0.39 is 0 Å². The molecule has 1 fully saturated rings. The van der Waals surface area contributed by atoms with E-state index in [0.29, 0.717) is 6.04 Å². The number of hydrogen-bond donors (Lipinski definition) is 2. The molecule has 1 heterocycles. The number of unbranched alkanes of at least 4 members (excludes halogenated alkanes) is 1. The Morgan fingerprint density at radius 3 is 2.42 bits per heavy atom. The molecule has 0 spiro atoms. The SMILES string of the molecule is CCCCC(N)C(=O)NC1CCN(C(C)(C)C)CC1. The van der Waals surface area contributed by atoms with Crippen molar-refractivity contribution in [3.63, 3.8) is 0 Å². The van der Waals surface area contributed by atoms with Crippen molar-refractivity contribution in [2.24, 2.45) is 5.73 Å². The summed E-state index contributed by atoms with van der Waals surface area (Å²) in [5, 5.41) is 3.11. The molecule has 1 atom stereocenters. The summed E-state index contributed by atoms with van der Waals surface area (Å²) in [7, 11) is 0. The molecule has 0 saturated carbocycles. The lowest BCUT2D eigenvalue weighted by molar-refractivity contribution is -0.123. The zero-order chi connectivity index (χ0) is 14.5. The van der Waals surface area contributed by atoms with Crippen molar-refractivity contribution in [1.82, 2.24) is 10.2 Å². The highest BCUT2D eigenvalue weighted by Gasteiger charge is 2.28. The molecule has 4 nitrogen and oxygen atoms in total. The van der Waals surface area contributed by atoms with Crippen LogP contribution in [-0.4, -0.2) is 41.5 Å².